The van der Waals surface area contributed by atoms with Gasteiger partial charge in [-0.15, -0.1) is 11.3 Å². The van der Waals surface area contributed by atoms with Gasteiger partial charge in [0, 0.05) is 10.4 Å². The largest absolute Gasteiger partial charge is 0.349 e. The highest BCUT2D eigenvalue weighted by molar-refractivity contribution is 7.98. The van der Waals surface area contributed by atoms with Gasteiger partial charge in [0.15, 0.2) is 0 Å². The van der Waals surface area contributed by atoms with Crippen molar-refractivity contribution in [3.8, 4) is 0 Å². The van der Waals surface area contributed by atoms with Crippen molar-refractivity contribution < 1.29 is 9.59 Å². The number of amides is 2. The van der Waals surface area contributed by atoms with Gasteiger partial charge in [0.25, 0.3) is 5.91 Å². The number of aryl methyl sites for hydroxylation is 2. The third-order valence-corrected chi connectivity index (χ3v) is 5.57. The van der Waals surface area contributed by atoms with Gasteiger partial charge in [0.2, 0.25) is 5.91 Å². The van der Waals surface area contributed by atoms with Crippen molar-refractivity contribution in [2.24, 2.45) is 0 Å². The molecule has 1 heterocycles. The van der Waals surface area contributed by atoms with E-state index in [9.17, 15) is 9.59 Å². The maximum Gasteiger partial charge on any atom is 0.251 e. The van der Waals surface area contributed by atoms with Crippen molar-refractivity contribution >= 4 is 34.9 Å². The highest BCUT2D eigenvalue weighted by Crippen LogP contribution is 2.15. The fourth-order valence-corrected chi connectivity index (χ4v) is 3.73. The van der Waals surface area contributed by atoms with Crippen LogP contribution in [-0.2, 0) is 11.3 Å². The molecule has 0 aliphatic carbocycles. The van der Waals surface area contributed by atoms with E-state index in [2.05, 4.69) is 10.6 Å². The normalized spacial score (nSPS) is 11.8. The Morgan fingerprint density at radius 1 is 1.24 bits per heavy atom. The van der Waals surface area contributed by atoms with E-state index in [1.54, 1.807) is 29.2 Å². The van der Waals surface area contributed by atoms with Crippen molar-refractivity contribution in [1.29, 1.82) is 0 Å². The summed E-state index contributed by atoms with van der Waals surface area (Å²) >= 11 is 3.29. The molecule has 1 aromatic carbocycles. The van der Waals surface area contributed by atoms with Crippen LogP contribution in [0.15, 0.2) is 35.7 Å². The van der Waals surface area contributed by atoms with Crippen LogP contribution in [0.4, 0.5) is 0 Å². The molecule has 1 unspecified atom stereocenters. The lowest BCUT2D eigenvalue weighted by Crippen LogP contribution is -2.46. The summed E-state index contributed by atoms with van der Waals surface area (Å²) in [5.74, 6) is 0.463. The van der Waals surface area contributed by atoms with Gasteiger partial charge in [-0.3, -0.25) is 9.59 Å². The SMILES string of the molecule is CSCCC(NC(=O)c1cccc(C)c1)C(=O)NCc1sccc1C. The number of rotatable bonds is 8. The van der Waals surface area contributed by atoms with Crippen LogP contribution in [-0.4, -0.2) is 29.9 Å². The van der Waals surface area contributed by atoms with Gasteiger partial charge in [-0.1, -0.05) is 17.7 Å². The van der Waals surface area contributed by atoms with E-state index in [1.807, 2.05) is 49.7 Å². The van der Waals surface area contributed by atoms with Crippen LogP contribution >= 0.6 is 23.1 Å². The van der Waals surface area contributed by atoms with Gasteiger partial charge in [0.1, 0.15) is 6.04 Å². The minimum absolute atomic E-state index is 0.136. The molecule has 4 nitrogen and oxygen atoms in total. The predicted molar refractivity (Wildman–Crippen MR) is 106 cm³/mol. The lowest BCUT2D eigenvalue weighted by Gasteiger charge is -2.18. The number of thiophene rings is 1. The van der Waals surface area contributed by atoms with E-state index in [1.165, 1.54) is 5.56 Å². The summed E-state index contributed by atoms with van der Waals surface area (Å²) in [5, 5.41) is 7.84. The Morgan fingerprint density at radius 2 is 2.04 bits per heavy atom. The maximum atomic E-state index is 12.6. The van der Waals surface area contributed by atoms with Crippen molar-refractivity contribution in [2.45, 2.75) is 32.9 Å². The molecule has 2 N–H and O–H groups in total. The van der Waals surface area contributed by atoms with Gasteiger partial charge < -0.3 is 10.6 Å². The van der Waals surface area contributed by atoms with E-state index in [0.717, 1.165) is 16.2 Å². The molecular weight excluding hydrogens is 352 g/mol. The topological polar surface area (TPSA) is 58.2 Å². The summed E-state index contributed by atoms with van der Waals surface area (Å²) < 4.78 is 0. The average molecular weight is 377 g/mol. The summed E-state index contributed by atoms with van der Waals surface area (Å²) in [6, 6.07) is 8.89. The predicted octanol–water partition coefficient (Wildman–Crippen LogP) is 3.53. The quantitative estimate of drug-likeness (QED) is 0.741. The van der Waals surface area contributed by atoms with E-state index >= 15 is 0 Å². The number of carbonyl (C=O) groups is 2. The summed E-state index contributed by atoms with van der Waals surface area (Å²) in [7, 11) is 0. The van der Waals surface area contributed by atoms with E-state index in [0.29, 0.717) is 18.5 Å². The zero-order valence-electron chi connectivity index (χ0n) is 14.8. The molecule has 2 rings (SSSR count). The molecule has 0 radical (unpaired) electrons. The Balaban J connectivity index is 2.00. The molecule has 1 atom stereocenters. The minimum atomic E-state index is -0.527. The molecule has 2 amide bonds. The number of hydrogen-bond donors (Lipinski definition) is 2. The van der Waals surface area contributed by atoms with Crippen LogP contribution in [0.5, 0.6) is 0 Å². The van der Waals surface area contributed by atoms with Gasteiger partial charge in [-0.2, -0.15) is 11.8 Å². The Bertz CT molecular complexity index is 728. The van der Waals surface area contributed by atoms with Gasteiger partial charge in [-0.05, 0) is 61.4 Å². The summed E-state index contributed by atoms with van der Waals surface area (Å²) in [5.41, 5.74) is 2.77. The molecular formula is C19H24N2O2S2. The van der Waals surface area contributed by atoms with E-state index < -0.39 is 6.04 Å². The minimum Gasteiger partial charge on any atom is -0.349 e. The second kappa shape index (κ2) is 9.63. The Morgan fingerprint density at radius 3 is 2.68 bits per heavy atom. The number of carbonyl (C=O) groups excluding carboxylic acids is 2. The van der Waals surface area contributed by atoms with Crippen molar-refractivity contribution in [3.63, 3.8) is 0 Å². The second-order valence-corrected chi connectivity index (χ2v) is 7.91. The summed E-state index contributed by atoms with van der Waals surface area (Å²) in [4.78, 5) is 26.2. The fraction of sp³-hybridized carbons (Fsp3) is 0.368. The first-order valence-corrected chi connectivity index (χ1v) is 10.5. The number of nitrogens with one attached hydrogen (secondary N) is 2. The lowest BCUT2D eigenvalue weighted by atomic mass is 10.1. The molecule has 6 heteroatoms. The van der Waals surface area contributed by atoms with Crippen LogP contribution in [0.25, 0.3) is 0 Å². The van der Waals surface area contributed by atoms with Gasteiger partial charge in [0.05, 0.1) is 6.54 Å². The highest BCUT2D eigenvalue weighted by atomic mass is 32.2. The zero-order valence-corrected chi connectivity index (χ0v) is 16.4. The van der Waals surface area contributed by atoms with Crippen molar-refractivity contribution in [2.75, 3.05) is 12.0 Å². The number of hydrogen-bond acceptors (Lipinski definition) is 4. The Kier molecular flexibility index (Phi) is 7.52. The smallest absolute Gasteiger partial charge is 0.251 e. The molecule has 0 saturated carbocycles. The van der Waals surface area contributed by atoms with Crippen molar-refractivity contribution in [3.05, 3.63) is 57.3 Å². The van der Waals surface area contributed by atoms with E-state index in [4.69, 9.17) is 0 Å². The zero-order chi connectivity index (χ0) is 18.2. The molecule has 0 bridgehead atoms. The van der Waals surface area contributed by atoms with Crippen LogP contribution in [0.3, 0.4) is 0 Å². The van der Waals surface area contributed by atoms with E-state index in [-0.39, 0.29) is 11.8 Å². The number of thioether (sulfide) groups is 1. The third-order valence-electron chi connectivity index (χ3n) is 3.90. The first kappa shape index (κ1) is 19.5. The maximum absolute atomic E-state index is 12.6. The molecule has 0 aliphatic rings. The summed E-state index contributed by atoms with van der Waals surface area (Å²) in [6.07, 6.45) is 2.60. The molecule has 1 aromatic heterocycles. The standard InChI is InChI=1S/C19H24N2O2S2/c1-13-5-4-6-15(11-13)18(22)21-16(8-9-24-3)19(23)20-12-17-14(2)7-10-25-17/h4-7,10-11,16H,8-9,12H2,1-3H3,(H,20,23)(H,21,22). The summed E-state index contributed by atoms with van der Waals surface area (Å²) in [6.45, 7) is 4.47. The monoisotopic (exact) mass is 376 g/mol. The van der Waals surface area contributed by atoms with Crippen molar-refractivity contribution in [1.82, 2.24) is 10.6 Å². The molecule has 2 aromatic rings. The number of benzene rings is 1. The molecule has 0 saturated heterocycles. The van der Waals surface area contributed by atoms with Gasteiger partial charge >= 0.3 is 0 Å². The van der Waals surface area contributed by atoms with Crippen LogP contribution in [0, 0.1) is 13.8 Å². The van der Waals surface area contributed by atoms with Crippen LogP contribution < -0.4 is 10.6 Å². The van der Waals surface area contributed by atoms with Crippen LogP contribution in [0.2, 0.25) is 0 Å². The van der Waals surface area contributed by atoms with Crippen LogP contribution in [0.1, 0.15) is 32.8 Å². The highest BCUT2D eigenvalue weighted by Gasteiger charge is 2.21. The fourth-order valence-electron chi connectivity index (χ4n) is 2.41. The Hall–Kier alpha value is -1.79. The molecule has 25 heavy (non-hydrogen) atoms. The molecule has 0 fully saturated rings. The third kappa shape index (κ3) is 5.90. The second-order valence-electron chi connectivity index (χ2n) is 5.92. The lowest BCUT2D eigenvalue weighted by molar-refractivity contribution is -0.123. The average Bonchev–Trinajstić information content (AvgIpc) is 3.01. The molecule has 0 spiro atoms. The Labute approximate surface area is 157 Å². The molecule has 134 valence electrons. The van der Waals surface area contributed by atoms with Gasteiger partial charge in [-0.25, -0.2) is 0 Å². The first-order chi connectivity index (χ1) is 12.0. The first-order valence-electron chi connectivity index (χ1n) is 8.18. The molecule has 0 aliphatic heterocycles.